The highest BCUT2D eigenvalue weighted by Gasteiger charge is 2.30. The van der Waals surface area contributed by atoms with E-state index in [1.807, 2.05) is 12.3 Å². The monoisotopic (exact) mass is 574 g/mol. The zero-order valence-corrected chi connectivity index (χ0v) is 21.7. The molecule has 0 unspecified atom stereocenters. The Morgan fingerprint density at radius 2 is 1.95 bits per heavy atom. The Bertz CT molecular complexity index is 1600. The molecule has 0 aliphatic rings. The van der Waals surface area contributed by atoms with Crippen molar-refractivity contribution >= 4 is 55.6 Å². The van der Waals surface area contributed by atoms with Crippen LogP contribution in [0.25, 0.3) is 20.7 Å². The Morgan fingerprint density at radius 3 is 2.77 bits per heavy atom. The number of aromatic nitrogens is 5. The van der Waals surface area contributed by atoms with Crippen molar-refractivity contribution in [1.82, 2.24) is 24.7 Å². The molecule has 0 saturated heterocycles. The number of aliphatic hydroxyl groups is 1. The minimum Gasteiger partial charge on any atom is -0.394 e. The molecule has 5 rings (SSSR count). The number of fused-ring (bicyclic) bond motifs is 1. The van der Waals surface area contributed by atoms with E-state index in [9.17, 15) is 18.0 Å². The number of carbonyl (C=O) groups is 1. The predicted molar refractivity (Wildman–Crippen MR) is 144 cm³/mol. The van der Waals surface area contributed by atoms with Gasteiger partial charge in [-0.25, -0.2) is 19.7 Å². The Kier molecular flexibility index (Phi) is 7.72. The number of nitrogens with zero attached hydrogens (tertiary/aromatic N) is 5. The van der Waals surface area contributed by atoms with E-state index in [4.69, 9.17) is 5.11 Å². The van der Waals surface area contributed by atoms with Gasteiger partial charge < -0.3 is 15.7 Å². The number of carbonyl (C=O) groups excluding carboxylic acids is 1. The molecule has 1 aromatic carbocycles. The van der Waals surface area contributed by atoms with Crippen LogP contribution in [0.5, 0.6) is 0 Å². The van der Waals surface area contributed by atoms with Crippen LogP contribution in [0.1, 0.15) is 10.4 Å². The number of urea groups is 1. The molecule has 202 valence electrons. The van der Waals surface area contributed by atoms with E-state index < -0.39 is 17.8 Å². The highest BCUT2D eigenvalue weighted by molar-refractivity contribution is 7.22. The standard InChI is InChI=1S/C24H21F3N8O2S2/c25-24(26,27)15-2-1-3-16(8-15)33-22(37)34-23-29-11-17(38-23)4-5-28-21-20-18(30-13-31-21)9-19(39-20)14-10-32-35(12-14)6-7-36/h1-3,8-13,36H,4-7H2,(H,28,30,31)(H2,29,33,34,37). The van der Waals surface area contributed by atoms with Gasteiger partial charge in [0.1, 0.15) is 12.1 Å². The van der Waals surface area contributed by atoms with Gasteiger partial charge in [-0.3, -0.25) is 10.00 Å². The van der Waals surface area contributed by atoms with Gasteiger partial charge in [0.05, 0.1) is 35.1 Å². The number of benzene rings is 1. The topological polar surface area (TPSA) is 130 Å². The van der Waals surface area contributed by atoms with E-state index in [2.05, 4.69) is 36.0 Å². The number of thiazole rings is 1. The Labute approximate surface area is 227 Å². The first-order valence-corrected chi connectivity index (χ1v) is 13.2. The summed E-state index contributed by atoms with van der Waals surface area (Å²) in [5.41, 5.74) is 0.908. The quantitative estimate of drug-likeness (QED) is 0.187. The first kappa shape index (κ1) is 26.5. The van der Waals surface area contributed by atoms with Crippen molar-refractivity contribution in [3.05, 3.63) is 65.7 Å². The first-order chi connectivity index (χ1) is 18.8. The number of halogens is 3. The van der Waals surface area contributed by atoms with Gasteiger partial charge in [-0.1, -0.05) is 6.07 Å². The summed E-state index contributed by atoms with van der Waals surface area (Å²) in [7, 11) is 0. The third kappa shape index (κ3) is 6.50. The molecule has 0 aliphatic heterocycles. The van der Waals surface area contributed by atoms with Crippen LogP contribution in [0, 0.1) is 0 Å². The van der Waals surface area contributed by atoms with Gasteiger partial charge in [0, 0.05) is 46.4 Å². The lowest BCUT2D eigenvalue weighted by Gasteiger charge is -2.09. The van der Waals surface area contributed by atoms with Gasteiger partial charge in [0.15, 0.2) is 5.13 Å². The third-order valence-corrected chi connectivity index (χ3v) is 7.60. The van der Waals surface area contributed by atoms with Gasteiger partial charge in [0.25, 0.3) is 0 Å². The zero-order chi connectivity index (χ0) is 27.4. The summed E-state index contributed by atoms with van der Waals surface area (Å²) >= 11 is 2.80. The lowest BCUT2D eigenvalue weighted by atomic mass is 10.2. The van der Waals surface area contributed by atoms with Crippen molar-refractivity contribution in [3.8, 4) is 10.4 Å². The fourth-order valence-corrected chi connectivity index (χ4v) is 5.51. The van der Waals surface area contributed by atoms with Crippen molar-refractivity contribution in [2.45, 2.75) is 19.1 Å². The first-order valence-electron chi connectivity index (χ1n) is 11.6. The van der Waals surface area contributed by atoms with Crippen LogP contribution in [0.4, 0.5) is 34.6 Å². The van der Waals surface area contributed by atoms with E-state index in [1.165, 1.54) is 41.1 Å². The highest BCUT2D eigenvalue weighted by Crippen LogP contribution is 2.35. The molecule has 0 aliphatic carbocycles. The number of anilines is 3. The van der Waals surface area contributed by atoms with Crippen molar-refractivity contribution in [3.63, 3.8) is 0 Å². The summed E-state index contributed by atoms with van der Waals surface area (Å²) in [4.78, 5) is 27.0. The van der Waals surface area contributed by atoms with E-state index in [0.29, 0.717) is 30.5 Å². The van der Waals surface area contributed by atoms with Crippen molar-refractivity contribution in [1.29, 1.82) is 0 Å². The fourth-order valence-electron chi connectivity index (χ4n) is 3.66. The van der Waals surface area contributed by atoms with Crippen LogP contribution in [-0.2, 0) is 19.1 Å². The summed E-state index contributed by atoms with van der Waals surface area (Å²) < 4.78 is 41.2. The fraction of sp³-hybridized carbons (Fsp3) is 0.208. The molecular formula is C24H21F3N8O2S2. The molecule has 2 amide bonds. The molecule has 39 heavy (non-hydrogen) atoms. The van der Waals surface area contributed by atoms with Crippen LogP contribution in [-0.4, -0.2) is 49.0 Å². The summed E-state index contributed by atoms with van der Waals surface area (Å²) in [6, 6.07) is 5.68. The average Bonchev–Trinajstić information content (AvgIpc) is 3.64. The number of alkyl halides is 3. The van der Waals surface area contributed by atoms with Crippen LogP contribution in [0.3, 0.4) is 0 Å². The number of aliphatic hydroxyl groups excluding tert-OH is 1. The maximum Gasteiger partial charge on any atom is 0.416 e. The van der Waals surface area contributed by atoms with Crippen LogP contribution in [0.2, 0.25) is 0 Å². The summed E-state index contributed by atoms with van der Waals surface area (Å²) in [5, 5.41) is 21.9. The Hall–Kier alpha value is -4.08. The molecular weight excluding hydrogens is 553 g/mol. The molecule has 4 heterocycles. The summed E-state index contributed by atoms with van der Waals surface area (Å²) in [6.45, 7) is 0.982. The molecule has 0 saturated carbocycles. The molecule has 0 spiro atoms. The van der Waals surface area contributed by atoms with Crippen molar-refractivity contribution in [2.75, 3.05) is 29.1 Å². The second-order valence-electron chi connectivity index (χ2n) is 8.23. The van der Waals surface area contributed by atoms with E-state index in [0.717, 1.165) is 37.7 Å². The molecule has 0 bridgehead atoms. The van der Waals surface area contributed by atoms with Gasteiger partial charge in [-0.2, -0.15) is 18.3 Å². The number of amides is 2. The molecule has 15 heteroatoms. The molecule has 0 radical (unpaired) electrons. The Morgan fingerprint density at radius 1 is 1.08 bits per heavy atom. The number of thiophene rings is 1. The summed E-state index contributed by atoms with van der Waals surface area (Å²) in [5.74, 6) is 0.697. The number of nitrogens with one attached hydrogen (secondary N) is 3. The minimum absolute atomic E-state index is 0.0113. The maximum atomic E-state index is 12.9. The normalized spacial score (nSPS) is 11.6. The number of hydrogen-bond acceptors (Lipinski definition) is 9. The van der Waals surface area contributed by atoms with Crippen LogP contribution >= 0.6 is 22.7 Å². The Balaban J connectivity index is 1.16. The lowest BCUT2D eigenvalue weighted by Crippen LogP contribution is -2.19. The highest BCUT2D eigenvalue weighted by atomic mass is 32.1. The average molecular weight is 575 g/mol. The third-order valence-electron chi connectivity index (χ3n) is 5.44. The second kappa shape index (κ2) is 11.3. The predicted octanol–water partition coefficient (Wildman–Crippen LogP) is 5.32. The van der Waals surface area contributed by atoms with E-state index in [1.54, 1.807) is 17.1 Å². The zero-order valence-electron chi connectivity index (χ0n) is 20.1. The van der Waals surface area contributed by atoms with Gasteiger partial charge >= 0.3 is 12.2 Å². The molecule has 0 atom stereocenters. The van der Waals surface area contributed by atoms with Gasteiger partial charge in [-0.05, 0) is 24.3 Å². The molecule has 5 aromatic rings. The van der Waals surface area contributed by atoms with Crippen LogP contribution in [0.15, 0.2) is 55.2 Å². The van der Waals surface area contributed by atoms with E-state index >= 15 is 0 Å². The molecule has 4 N–H and O–H groups in total. The summed E-state index contributed by atoms with van der Waals surface area (Å²) in [6.07, 6.45) is 2.85. The molecule has 10 nitrogen and oxygen atoms in total. The van der Waals surface area contributed by atoms with Crippen molar-refractivity contribution < 1.29 is 23.1 Å². The maximum absolute atomic E-state index is 12.9. The number of hydrogen-bond donors (Lipinski definition) is 4. The van der Waals surface area contributed by atoms with Crippen LogP contribution < -0.4 is 16.0 Å². The van der Waals surface area contributed by atoms with E-state index in [-0.39, 0.29) is 12.3 Å². The van der Waals surface area contributed by atoms with Gasteiger partial charge in [-0.15, -0.1) is 22.7 Å². The lowest BCUT2D eigenvalue weighted by molar-refractivity contribution is -0.137. The molecule has 0 fully saturated rings. The largest absolute Gasteiger partial charge is 0.416 e. The minimum atomic E-state index is -4.50. The molecule has 4 aromatic heterocycles. The SMILES string of the molecule is O=C(Nc1cccc(C(F)(F)F)c1)Nc1ncc(CCNc2ncnc3cc(-c4cnn(CCO)c4)sc23)s1. The smallest absolute Gasteiger partial charge is 0.394 e. The van der Waals surface area contributed by atoms with Crippen molar-refractivity contribution in [2.24, 2.45) is 0 Å². The number of rotatable bonds is 9. The van der Waals surface area contributed by atoms with Gasteiger partial charge in [0.2, 0.25) is 0 Å². The second-order valence-corrected chi connectivity index (χ2v) is 10.4.